The van der Waals surface area contributed by atoms with E-state index < -0.39 is 0 Å². The molecule has 44 heavy (non-hydrogen) atoms. The van der Waals surface area contributed by atoms with Gasteiger partial charge in [0.25, 0.3) is 0 Å². The van der Waals surface area contributed by atoms with Crippen molar-refractivity contribution in [1.82, 2.24) is 34.7 Å². The highest BCUT2D eigenvalue weighted by Gasteiger charge is 2.21. The lowest BCUT2D eigenvalue weighted by atomic mass is 9.93. The van der Waals surface area contributed by atoms with Gasteiger partial charge in [-0.15, -0.1) is 0 Å². The number of nitrogens with two attached hydrogens (primary N) is 1. The van der Waals surface area contributed by atoms with Crippen molar-refractivity contribution in [3.05, 3.63) is 77.9 Å². The third kappa shape index (κ3) is 6.34. The van der Waals surface area contributed by atoms with Gasteiger partial charge in [0.1, 0.15) is 23.6 Å². The lowest BCUT2D eigenvalue weighted by molar-refractivity contribution is -0.115. The van der Waals surface area contributed by atoms with Crippen LogP contribution in [-0.4, -0.2) is 73.3 Å². The average Bonchev–Trinajstić information content (AvgIpc) is 3.65. The SMILES string of the molecule is CCN1CCN(Cc2ccc(-c3nn(-c4ccc(NC(=O)Cc5cc(C(C)(C)C)on5)cc4)c4ncnc(N)c34)cc2)CC1. The largest absolute Gasteiger partial charge is 0.383 e. The molecule has 2 aromatic carbocycles. The predicted octanol–water partition coefficient (Wildman–Crippen LogP) is 4.67. The van der Waals surface area contributed by atoms with Gasteiger partial charge in [-0.2, -0.15) is 5.10 Å². The summed E-state index contributed by atoms with van der Waals surface area (Å²) in [4.78, 5) is 26.4. The van der Waals surface area contributed by atoms with E-state index >= 15 is 0 Å². The molecule has 5 aromatic rings. The van der Waals surface area contributed by atoms with Crippen molar-refractivity contribution in [2.24, 2.45) is 0 Å². The minimum absolute atomic E-state index is 0.124. The first kappa shape index (κ1) is 29.5. The Bertz CT molecular complexity index is 1740. The molecule has 6 rings (SSSR count). The van der Waals surface area contributed by atoms with E-state index in [4.69, 9.17) is 15.4 Å². The first-order valence-electron chi connectivity index (χ1n) is 15.1. The van der Waals surface area contributed by atoms with Gasteiger partial charge in [-0.1, -0.05) is 57.1 Å². The van der Waals surface area contributed by atoms with Crippen LogP contribution in [0.15, 0.2) is 65.4 Å². The molecule has 228 valence electrons. The van der Waals surface area contributed by atoms with Gasteiger partial charge in [-0.3, -0.25) is 9.69 Å². The highest BCUT2D eigenvalue weighted by atomic mass is 16.5. The number of piperazine rings is 1. The van der Waals surface area contributed by atoms with Crippen molar-refractivity contribution < 1.29 is 9.32 Å². The smallest absolute Gasteiger partial charge is 0.230 e. The molecule has 0 spiro atoms. The summed E-state index contributed by atoms with van der Waals surface area (Å²) < 4.78 is 7.17. The maximum absolute atomic E-state index is 12.7. The summed E-state index contributed by atoms with van der Waals surface area (Å²) >= 11 is 0. The van der Waals surface area contributed by atoms with E-state index in [0.717, 1.165) is 62.0 Å². The topological polar surface area (TPSA) is 131 Å². The molecule has 0 radical (unpaired) electrons. The van der Waals surface area contributed by atoms with Gasteiger partial charge < -0.3 is 20.5 Å². The molecule has 0 atom stereocenters. The quantitative estimate of drug-likeness (QED) is 0.264. The Morgan fingerprint density at radius 2 is 1.68 bits per heavy atom. The van der Waals surface area contributed by atoms with Crippen LogP contribution in [0.3, 0.4) is 0 Å². The normalized spacial score (nSPS) is 14.7. The highest BCUT2D eigenvalue weighted by molar-refractivity contribution is 5.99. The van der Waals surface area contributed by atoms with E-state index in [1.165, 1.54) is 11.9 Å². The Kier molecular flexibility index (Phi) is 8.15. The fraction of sp³-hybridized carbons (Fsp3) is 0.364. The van der Waals surface area contributed by atoms with Crippen LogP contribution >= 0.6 is 0 Å². The third-order valence-electron chi connectivity index (χ3n) is 8.08. The molecule has 0 saturated carbocycles. The summed E-state index contributed by atoms with van der Waals surface area (Å²) in [6.07, 6.45) is 1.57. The zero-order valence-corrected chi connectivity index (χ0v) is 25.7. The second-order valence-electron chi connectivity index (χ2n) is 12.3. The van der Waals surface area contributed by atoms with Crippen molar-refractivity contribution in [1.29, 1.82) is 0 Å². The fourth-order valence-electron chi connectivity index (χ4n) is 5.45. The average molecular weight is 594 g/mol. The summed E-state index contributed by atoms with van der Waals surface area (Å²) in [5.74, 6) is 0.947. The Morgan fingerprint density at radius 1 is 0.977 bits per heavy atom. The van der Waals surface area contributed by atoms with E-state index in [9.17, 15) is 4.79 Å². The van der Waals surface area contributed by atoms with Crippen LogP contribution in [0.1, 0.15) is 44.7 Å². The van der Waals surface area contributed by atoms with Crippen molar-refractivity contribution in [2.75, 3.05) is 43.8 Å². The first-order chi connectivity index (χ1) is 21.2. The lowest BCUT2D eigenvalue weighted by Gasteiger charge is -2.34. The van der Waals surface area contributed by atoms with Gasteiger partial charge in [0, 0.05) is 55.5 Å². The molecule has 1 saturated heterocycles. The van der Waals surface area contributed by atoms with Crippen LogP contribution in [0.2, 0.25) is 0 Å². The van der Waals surface area contributed by atoms with E-state index in [2.05, 4.69) is 61.4 Å². The first-order valence-corrected chi connectivity index (χ1v) is 15.1. The molecule has 1 amide bonds. The molecule has 0 unspecified atom stereocenters. The van der Waals surface area contributed by atoms with Crippen LogP contribution in [0, 0.1) is 0 Å². The Morgan fingerprint density at radius 3 is 2.34 bits per heavy atom. The monoisotopic (exact) mass is 593 g/mol. The number of nitrogens with one attached hydrogen (secondary N) is 1. The van der Waals surface area contributed by atoms with Crippen molar-refractivity contribution in [3.8, 4) is 16.9 Å². The van der Waals surface area contributed by atoms with Crippen molar-refractivity contribution >= 4 is 28.4 Å². The number of benzene rings is 2. The number of hydrogen-bond donors (Lipinski definition) is 2. The molecular weight excluding hydrogens is 554 g/mol. The van der Waals surface area contributed by atoms with Gasteiger partial charge >= 0.3 is 0 Å². The van der Waals surface area contributed by atoms with Crippen LogP contribution < -0.4 is 11.1 Å². The summed E-state index contributed by atoms with van der Waals surface area (Å²) in [6, 6.07) is 17.8. The Labute approximate surface area is 257 Å². The number of nitrogen functional groups attached to an aromatic ring is 1. The number of nitrogens with zero attached hydrogens (tertiary/aromatic N) is 7. The van der Waals surface area contributed by atoms with Crippen LogP contribution in [-0.2, 0) is 23.2 Å². The molecule has 1 fully saturated rings. The summed E-state index contributed by atoms with van der Waals surface area (Å²) in [6.45, 7) is 14.8. The molecule has 1 aliphatic heterocycles. The molecular formula is C33H39N9O2. The van der Waals surface area contributed by atoms with Crippen molar-refractivity contribution in [3.63, 3.8) is 0 Å². The Hall–Kier alpha value is -4.61. The van der Waals surface area contributed by atoms with E-state index in [-0.39, 0.29) is 17.7 Å². The number of rotatable bonds is 8. The third-order valence-corrected chi connectivity index (χ3v) is 8.08. The lowest BCUT2D eigenvalue weighted by Crippen LogP contribution is -2.45. The van der Waals surface area contributed by atoms with Gasteiger partial charge in [0.05, 0.1) is 23.2 Å². The molecule has 11 heteroatoms. The van der Waals surface area contributed by atoms with Crippen LogP contribution in [0.4, 0.5) is 11.5 Å². The minimum Gasteiger partial charge on any atom is -0.383 e. The van der Waals surface area contributed by atoms with Crippen molar-refractivity contribution in [2.45, 2.75) is 46.1 Å². The summed E-state index contributed by atoms with van der Waals surface area (Å²) in [5.41, 5.74) is 11.8. The van der Waals surface area contributed by atoms with Gasteiger partial charge in [0.15, 0.2) is 5.65 Å². The van der Waals surface area contributed by atoms with E-state index in [1.54, 1.807) is 4.68 Å². The zero-order chi connectivity index (χ0) is 30.8. The standard InChI is InChI=1S/C33H39N9O2/c1-5-40-14-16-41(17-15-40)20-22-6-8-23(9-7-22)30-29-31(34)35-21-36-32(29)42(38-30)26-12-10-24(11-13-26)37-28(43)19-25-18-27(44-39-25)33(2,3)4/h6-13,18,21H,5,14-17,19-20H2,1-4H3,(H,37,43)(H2,34,35,36). The summed E-state index contributed by atoms with van der Waals surface area (Å²) in [5, 5.41) is 12.6. The molecule has 4 heterocycles. The van der Waals surface area contributed by atoms with Gasteiger partial charge in [-0.25, -0.2) is 14.6 Å². The van der Waals surface area contributed by atoms with Crippen LogP contribution in [0.25, 0.3) is 28.0 Å². The predicted molar refractivity (Wildman–Crippen MR) is 171 cm³/mol. The van der Waals surface area contributed by atoms with Crippen LogP contribution in [0.5, 0.6) is 0 Å². The fourth-order valence-corrected chi connectivity index (χ4v) is 5.45. The highest BCUT2D eigenvalue weighted by Crippen LogP contribution is 2.32. The second kappa shape index (κ2) is 12.2. The van der Waals surface area contributed by atoms with Gasteiger partial charge in [0.2, 0.25) is 5.91 Å². The molecule has 0 aliphatic carbocycles. The second-order valence-corrected chi connectivity index (χ2v) is 12.3. The number of fused-ring (bicyclic) bond motifs is 1. The zero-order valence-electron chi connectivity index (χ0n) is 25.7. The van der Waals surface area contributed by atoms with E-state index in [1.807, 2.05) is 51.1 Å². The number of hydrogen-bond acceptors (Lipinski definition) is 9. The maximum atomic E-state index is 12.7. The minimum atomic E-state index is -0.175. The Balaban J connectivity index is 1.18. The molecule has 0 bridgehead atoms. The van der Waals surface area contributed by atoms with E-state index in [0.29, 0.717) is 28.2 Å². The number of aromatic nitrogens is 5. The number of carbonyl (C=O) groups excluding carboxylic acids is 1. The summed E-state index contributed by atoms with van der Waals surface area (Å²) in [7, 11) is 0. The number of anilines is 2. The maximum Gasteiger partial charge on any atom is 0.230 e. The van der Waals surface area contributed by atoms with Gasteiger partial charge in [-0.05, 0) is 36.4 Å². The number of amides is 1. The number of carbonyl (C=O) groups is 1. The molecule has 11 nitrogen and oxygen atoms in total. The molecule has 3 aromatic heterocycles. The molecule has 3 N–H and O–H groups in total. The number of likely N-dealkylation sites (N-methyl/N-ethyl adjacent to an activating group) is 1. The molecule has 1 aliphatic rings.